The first-order chi connectivity index (χ1) is 8.06. The maximum Gasteiger partial charge on any atom is 0.325 e. The molecule has 1 aromatic rings. The lowest BCUT2D eigenvalue weighted by molar-refractivity contribution is -0.141. The van der Waals surface area contributed by atoms with Gasteiger partial charge in [-0.15, -0.1) is 0 Å². The topological polar surface area (TPSA) is 55.4 Å². The Morgan fingerprint density at radius 3 is 2.82 bits per heavy atom. The largest absolute Gasteiger partial charge is 0.465 e. The SMILES string of the molecule is CCOC(=O)CNC(=O)c1cccc(F)c1Cl. The minimum absolute atomic E-state index is 0.0176. The van der Waals surface area contributed by atoms with Crippen molar-refractivity contribution in [1.82, 2.24) is 5.32 Å². The summed E-state index contributed by atoms with van der Waals surface area (Å²) in [6.45, 7) is 1.61. The molecule has 0 fully saturated rings. The van der Waals surface area contributed by atoms with Gasteiger partial charge in [0.05, 0.1) is 17.2 Å². The Balaban J connectivity index is 2.64. The molecule has 0 aliphatic rings. The Bertz CT molecular complexity index is 437. The molecule has 0 saturated heterocycles. The highest BCUT2D eigenvalue weighted by atomic mass is 35.5. The number of hydrogen-bond acceptors (Lipinski definition) is 3. The van der Waals surface area contributed by atoms with Crippen molar-refractivity contribution in [3.05, 3.63) is 34.6 Å². The van der Waals surface area contributed by atoms with Gasteiger partial charge in [-0.2, -0.15) is 0 Å². The van der Waals surface area contributed by atoms with Crippen molar-refractivity contribution in [3.63, 3.8) is 0 Å². The smallest absolute Gasteiger partial charge is 0.325 e. The zero-order valence-electron chi connectivity index (χ0n) is 9.13. The van der Waals surface area contributed by atoms with Gasteiger partial charge in [-0.05, 0) is 19.1 Å². The number of rotatable bonds is 4. The summed E-state index contributed by atoms with van der Waals surface area (Å²) in [4.78, 5) is 22.5. The van der Waals surface area contributed by atoms with Crippen molar-refractivity contribution < 1.29 is 18.7 Å². The number of carbonyl (C=O) groups excluding carboxylic acids is 2. The Labute approximate surface area is 103 Å². The zero-order valence-corrected chi connectivity index (χ0v) is 9.88. The zero-order chi connectivity index (χ0) is 12.8. The molecule has 1 aromatic carbocycles. The minimum Gasteiger partial charge on any atom is -0.465 e. The van der Waals surface area contributed by atoms with Crippen molar-refractivity contribution >= 4 is 23.5 Å². The molecule has 0 radical (unpaired) electrons. The summed E-state index contributed by atoms with van der Waals surface area (Å²) < 4.78 is 17.7. The highest BCUT2D eigenvalue weighted by Gasteiger charge is 2.14. The molecule has 1 rings (SSSR count). The number of benzene rings is 1. The first-order valence-electron chi connectivity index (χ1n) is 4.94. The number of halogens is 2. The van der Waals surface area contributed by atoms with Gasteiger partial charge in [0.15, 0.2) is 0 Å². The summed E-state index contributed by atoms with van der Waals surface area (Å²) >= 11 is 5.61. The van der Waals surface area contributed by atoms with E-state index in [-0.39, 0.29) is 23.7 Å². The summed E-state index contributed by atoms with van der Waals surface area (Å²) in [6, 6.07) is 3.87. The number of nitrogens with one attached hydrogen (secondary N) is 1. The van der Waals surface area contributed by atoms with Crippen LogP contribution in [0.15, 0.2) is 18.2 Å². The first kappa shape index (κ1) is 13.4. The molecule has 0 aliphatic heterocycles. The standard InChI is InChI=1S/C11H11ClFNO3/c1-2-17-9(15)6-14-11(16)7-4-3-5-8(13)10(7)12/h3-5H,2,6H2,1H3,(H,14,16). The van der Waals surface area contributed by atoms with E-state index in [9.17, 15) is 14.0 Å². The van der Waals surface area contributed by atoms with E-state index in [0.717, 1.165) is 6.07 Å². The summed E-state index contributed by atoms with van der Waals surface area (Å²) in [5.41, 5.74) is -0.0176. The molecule has 0 aromatic heterocycles. The second-order valence-corrected chi connectivity index (χ2v) is 3.47. The molecule has 0 atom stereocenters. The molecule has 0 aliphatic carbocycles. The molecule has 92 valence electrons. The molecule has 1 amide bonds. The van der Waals surface area contributed by atoms with Gasteiger partial charge in [-0.3, -0.25) is 9.59 Å². The number of hydrogen-bond donors (Lipinski definition) is 1. The van der Waals surface area contributed by atoms with E-state index < -0.39 is 17.7 Å². The molecular weight excluding hydrogens is 249 g/mol. The van der Waals surface area contributed by atoms with E-state index in [1.54, 1.807) is 6.92 Å². The van der Waals surface area contributed by atoms with E-state index in [1.165, 1.54) is 12.1 Å². The number of ether oxygens (including phenoxy) is 1. The van der Waals surface area contributed by atoms with E-state index in [1.807, 2.05) is 0 Å². The summed E-state index contributed by atoms with van der Waals surface area (Å²) in [5, 5.41) is 2.02. The molecule has 4 nitrogen and oxygen atoms in total. The lowest BCUT2D eigenvalue weighted by Gasteiger charge is -2.06. The molecular formula is C11H11ClFNO3. The van der Waals surface area contributed by atoms with Crippen molar-refractivity contribution in [2.24, 2.45) is 0 Å². The Morgan fingerprint density at radius 2 is 2.18 bits per heavy atom. The highest BCUT2D eigenvalue weighted by Crippen LogP contribution is 2.19. The summed E-state index contributed by atoms with van der Waals surface area (Å²) in [7, 11) is 0. The van der Waals surface area contributed by atoms with E-state index >= 15 is 0 Å². The fourth-order valence-corrected chi connectivity index (χ4v) is 1.35. The third-order valence-electron chi connectivity index (χ3n) is 1.89. The van der Waals surface area contributed by atoms with Gasteiger partial charge < -0.3 is 10.1 Å². The average Bonchev–Trinajstić information content (AvgIpc) is 2.30. The van der Waals surface area contributed by atoms with Crippen LogP contribution in [0.2, 0.25) is 5.02 Å². The third-order valence-corrected chi connectivity index (χ3v) is 2.28. The van der Waals surface area contributed by atoms with Crippen LogP contribution in [0.5, 0.6) is 0 Å². The van der Waals surface area contributed by atoms with Crippen LogP contribution in [0, 0.1) is 5.82 Å². The molecule has 6 heteroatoms. The number of esters is 1. The second-order valence-electron chi connectivity index (χ2n) is 3.09. The summed E-state index contributed by atoms with van der Waals surface area (Å²) in [5.74, 6) is -1.87. The van der Waals surface area contributed by atoms with Gasteiger partial charge in [-0.25, -0.2) is 4.39 Å². The van der Waals surface area contributed by atoms with Crippen LogP contribution in [0.4, 0.5) is 4.39 Å². The maximum absolute atomic E-state index is 13.1. The van der Waals surface area contributed by atoms with Crippen molar-refractivity contribution in [2.75, 3.05) is 13.2 Å². The monoisotopic (exact) mass is 259 g/mol. The molecule has 0 bridgehead atoms. The van der Waals surface area contributed by atoms with Gasteiger partial charge in [0.1, 0.15) is 12.4 Å². The number of carbonyl (C=O) groups is 2. The van der Waals surface area contributed by atoms with Gasteiger partial charge in [-0.1, -0.05) is 17.7 Å². The predicted molar refractivity (Wildman–Crippen MR) is 60.4 cm³/mol. The lowest BCUT2D eigenvalue weighted by Crippen LogP contribution is -2.30. The average molecular weight is 260 g/mol. The van der Waals surface area contributed by atoms with Crippen LogP contribution in [0.25, 0.3) is 0 Å². The fourth-order valence-electron chi connectivity index (χ4n) is 1.14. The minimum atomic E-state index is -0.685. The van der Waals surface area contributed by atoms with Crippen molar-refractivity contribution in [1.29, 1.82) is 0 Å². The molecule has 0 spiro atoms. The third kappa shape index (κ3) is 3.71. The Kier molecular flexibility index (Phi) is 4.90. The molecule has 1 N–H and O–H groups in total. The predicted octanol–water partition coefficient (Wildman–Crippen LogP) is 1.77. The molecule has 17 heavy (non-hydrogen) atoms. The van der Waals surface area contributed by atoms with Gasteiger partial charge >= 0.3 is 5.97 Å². The van der Waals surface area contributed by atoms with E-state index in [4.69, 9.17) is 11.6 Å². The van der Waals surface area contributed by atoms with Crippen LogP contribution in [-0.4, -0.2) is 25.0 Å². The van der Waals surface area contributed by atoms with Gasteiger partial charge in [0.25, 0.3) is 5.91 Å². The van der Waals surface area contributed by atoms with Gasteiger partial charge in [0.2, 0.25) is 0 Å². The van der Waals surface area contributed by atoms with Crippen LogP contribution in [0.1, 0.15) is 17.3 Å². The van der Waals surface area contributed by atoms with E-state index in [0.29, 0.717) is 0 Å². The first-order valence-corrected chi connectivity index (χ1v) is 5.32. The quantitative estimate of drug-likeness (QED) is 0.839. The van der Waals surface area contributed by atoms with Crippen LogP contribution < -0.4 is 5.32 Å². The Hall–Kier alpha value is -1.62. The van der Waals surface area contributed by atoms with E-state index in [2.05, 4.69) is 10.1 Å². The lowest BCUT2D eigenvalue weighted by atomic mass is 10.2. The number of amides is 1. The Morgan fingerprint density at radius 1 is 1.47 bits per heavy atom. The normalized spacial score (nSPS) is 9.82. The molecule has 0 unspecified atom stereocenters. The van der Waals surface area contributed by atoms with Crippen molar-refractivity contribution in [2.45, 2.75) is 6.92 Å². The van der Waals surface area contributed by atoms with Gasteiger partial charge in [0, 0.05) is 0 Å². The fraction of sp³-hybridized carbons (Fsp3) is 0.273. The van der Waals surface area contributed by atoms with Crippen molar-refractivity contribution in [3.8, 4) is 0 Å². The molecule has 0 heterocycles. The van der Waals surface area contributed by atoms with Crippen LogP contribution >= 0.6 is 11.6 Å². The molecule has 0 saturated carbocycles. The maximum atomic E-state index is 13.1. The second kappa shape index (κ2) is 6.20. The van der Waals surface area contributed by atoms with Crippen LogP contribution in [-0.2, 0) is 9.53 Å². The highest BCUT2D eigenvalue weighted by molar-refractivity contribution is 6.34. The summed E-state index contributed by atoms with van der Waals surface area (Å²) in [6.07, 6.45) is 0. The van der Waals surface area contributed by atoms with Crippen LogP contribution in [0.3, 0.4) is 0 Å².